The van der Waals surface area contributed by atoms with E-state index >= 15 is 0 Å². The molecule has 0 fully saturated rings. The zero-order valence-corrected chi connectivity index (χ0v) is 17.8. The number of aromatic nitrogens is 2. The highest BCUT2D eigenvalue weighted by atomic mass is 35.5. The highest BCUT2D eigenvalue weighted by Gasteiger charge is 2.13. The van der Waals surface area contributed by atoms with Gasteiger partial charge in [-0.1, -0.05) is 23.7 Å². The lowest BCUT2D eigenvalue weighted by Gasteiger charge is -2.11. The average molecular weight is 442 g/mol. The van der Waals surface area contributed by atoms with Crippen molar-refractivity contribution in [1.82, 2.24) is 9.66 Å². The van der Waals surface area contributed by atoms with Crippen molar-refractivity contribution in [3.05, 3.63) is 92.3 Å². The van der Waals surface area contributed by atoms with Gasteiger partial charge in [0.25, 0.3) is 11.5 Å². The number of carbonyl (C=O) groups is 1. The molecule has 29 heavy (non-hydrogen) atoms. The molecule has 2 aromatic heterocycles. The van der Waals surface area contributed by atoms with Crippen LogP contribution < -0.4 is 11.0 Å². The largest absolute Gasteiger partial charge is 0.281 e. The summed E-state index contributed by atoms with van der Waals surface area (Å²) in [6.45, 7) is 1.69. The van der Waals surface area contributed by atoms with E-state index < -0.39 is 0 Å². The van der Waals surface area contributed by atoms with E-state index in [1.807, 2.05) is 41.8 Å². The van der Waals surface area contributed by atoms with Crippen molar-refractivity contribution in [3.8, 4) is 0 Å². The van der Waals surface area contributed by atoms with Gasteiger partial charge in [0.05, 0.1) is 5.39 Å². The molecule has 4 aromatic rings. The van der Waals surface area contributed by atoms with E-state index in [-0.39, 0.29) is 11.5 Å². The van der Waals surface area contributed by atoms with Gasteiger partial charge in [0.1, 0.15) is 10.7 Å². The predicted molar refractivity (Wildman–Crippen MR) is 120 cm³/mol. The number of halogens is 1. The molecule has 0 radical (unpaired) electrons. The molecule has 0 aliphatic heterocycles. The van der Waals surface area contributed by atoms with Crippen LogP contribution in [-0.4, -0.2) is 15.6 Å². The second-order valence-electron chi connectivity index (χ2n) is 6.32. The summed E-state index contributed by atoms with van der Waals surface area (Å²) in [5.74, 6) is 0.860. The second kappa shape index (κ2) is 8.41. The maximum atomic E-state index is 12.6. The first-order valence-electron chi connectivity index (χ1n) is 8.77. The van der Waals surface area contributed by atoms with Crippen molar-refractivity contribution in [2.75, 3.05) is 5.43 Å². The van der Waals surface area contributed by atoms with Gasteiger partial charge in [0.2, 0.25) is 0 Å². The van der Waals surface area contributed by atoms with Crippen molar-refractivity contribution < 1.29 is 4.79 Å². The molecule has 2 aromatic carbocycles. The maximum absolute atomic E-state index is 12.6. The maximum Gasteiger partial charge on any atom is 0.281 e. The van der Waals surface area contributed by atoms with Crippen molar-refractivity contribution in [2.24, 2.45) is 0 Å². The fraction of sp³-hybridized carbons (Fsp3) is 0.0952. The number of thioether (sulfide) groups is 1. The molecule has 0 spiro atoms. The zero-order chi connectivity index (χ0) is 20.4. The van der Waals surface area contributed by atoms with Crippen molar-refractivity contribution in [3.63, 3.8) is 0 Å². The summed E-state index contributed by atoms with van der Waals surface area (Å²) in [5, 5.41) is 3.02. The minimum atomic E-state index is -0.358. The van der Waals surface area contributed by atoms with E-state index in [0.29, 0.717) is 26.6 Å². The van der Waals surface area contributed by atoms with Gasteiger partial charge in [-0.15, -0.1) is 23.1 Å². The van der Waals surface area contributed by atoms with Gasteiger partial charge in [0.15, 0.2) is 0 Å². The van der Waals surface area contributed by atoms with Crippen LogP contribution in [0.15, 0.2) is 69.7 Å². The zero-order valence-electron chi connectivity index (χ0n) is 15.4. The third-order valence-electron chi connectivity index (χ3n) is 4.31. The molecule has 0 aliphatic carbocycles. The molecule has 146 valence electrons. The number of aryl methyl sites for hydroxylation is 1. The smallest absolute Gasteiger partial charge is 0.267 e. The van der Waals surface area contributed by atoms with Gasteiger partial charge in [-0.05, 0) is 60.3 Å². The summed E-state index contributed by atoms with van der Waals surface area (Å²) in [5.41, 5.74) is 3.94. The molecule has 4 rings (SSSR count). The Morgan fingerprint density at radius 3 is 2.59 bits per heavy atom. The van der Waals surface area contributed by atoms with Crippen LogP contribution in [0.1, 0.15) is 21.7 Å². The molecule has 8 heteroatoms. The number of fused-ring (bicyclic) bond motifs is 1. The number of thiophene rings is 1. The quantitative estimate of drug-likeness (QED) is 0.438. The molecular weight excluding hydrogens is 426 g/mol. The summed E-state index contributed by atoms with van der Waals surface area (Å²) < 4.78 is 1.20. The molecular formula is C21H16ClN3O2S2. The normalized spacial score (nSPS) is 11.0. The van der Waals surface area contributed by atoms with Gasteiger partial charge >= 0.3 is 0 Å². The minimum Gasteiger partial charge on any atom is -0.267 e. The van der Waals surface area contributed by atoms with Gasteiger partial charge in [-0.2, -0.15) is 0 Å². The lowest BCUT2D eigenvalue weighted by molar-refractivity contribution is 0.101. The average Bonchev–Trinajstić information content (AvgIpc) is 3.19. The first kappa shape index (κ1) is 19.7. The van der Waals surface area contributed by atoms with Gasteiger partial charge in [0, 0.05) is 21.2 Å². The molecule has 2 heterocycles. The van der Waals surface area contributed by atoms with Crippen LogP contribution in [0.2, 0.25) is 5.02 Å². The number of hydrogen-bond donors (Lipinski definition) is 1. The monoisotopic (exact) mass is 441 g/mol. The molecule has 0 unspecified atom stereocenters. The molecule has 0 aliphatic rings. The third-order valence-corrected chi connectivity index (χ3v) is 6.46. The number of nitrogens with zero attached hydrogens (tertiary/aromatic N) is 2. The summed E-state index contributed by atoms with van der Waals surface area (Å²) in [4.78, 5) is 31.3. The molecule has 0 saturated heterocycles. The van der Waals surface area contributed by atoms with E-state index in [1.54, 1.807) is 36.9 Å². The molecule has 5 nitrogen and oxygen atoms in total. The van der Waals surface area contributed by atoms with E-state index in [0.717, 1.165) is 16.2 Å². The number of benzene rings is 2. The van der Waals surface area contributed by atoms with Gasteiger partial charge in [-0.3, -0.25) is 15.0 Å². The number of hydrogen-bond acceptors (Lipinski definition) is 5. The predicted octanol–water partition coefficient (Wildman–Crippen LogP) is 5.10. The minimum absolute atomic E-state index is 0.280. The first-order valence-corrected chi connectivity index (χ1v) is 11.0. The second-order valence-corrected chi connectivity index (χ2v) is 8.70. The number of carbonyl (C=O) groups excluding carboxylic acids is 1. The van der Waals surface area contributed by atoms with Gasteiger partial charge in [-0.25, -0.2) is 9.66 Å². The van der Waals surface area contributed by atoms with Crippen LogP contribution >= 0.6 is 34.7 Å². The molecule has 0 saturated carbocycles. The summed E-state index contributed by atoms with van der Waals surface area (Å²) >= 11 is 9.00. The Labute approximate surface area is 180 Å². The summed E-state index contributed by atoms with van der Waals surface area (Å²) in [7, 11) is 0. The van der Waals surface area contributed by atoms with Crippen LogP contribution in [0.3, 0.4) is 0 Å². The Hall–Kier alpha value is -2.61. The Morgan fingerprint density at radius 2 is 1.86 bits per heavy atom. The van der Waals surface area contributed by atoms with E-state index in [1.165, 1.54) is 16.0 Å². The fourth-order valence-corrected chi connectivity index (χ4v) is 4.54. The van der Waals surface area contributed by atoms with Crippen LogP contribution in [0.25, 0.3) is 10.2 Å². The molecule has 0 atom stereocenters. The molecule has 1 amide bonds. The third kappa shape index (κ3) is 4.37. The van der Waals surface area contributed by atoms with Crippen LogP contribution in [-0.2, 0) is 5.75 Å². The van der Waals surface area contributed by atoms with Crippen LogP contribution in [0.5, 0.6) is 0 Å². The molecule has 1 N–H and O–H groups in total. The number of rotatable bonds is 5. The van der Waals surface area contributed by atoms with Gasteiger partial charge < -0.3 is 0 Å². The fourth-order valence-electron chi connectivity index (χ4n) is 2.76. The standard InChI is InChI=1S/C21H16ClN3O2S2/c1-13-23-20-18(10-11-28-20)21(27)25(13)24-19(26)15-4-2-14(3-5-15)12-29-17-8-6-16(22)7-9-17/h2-11H,12H2,1H3,(H,24,26). The highest BCUT2D eigenvalue weighted by molar-refractivity contribution is 7.98. The van der Waals surface area contributed by atoms with E-state index in [9.17, 15) is 9.59 Å². The Bertz CT molecular complexity index is 1230. The number of nitrogens with one attached hydrogen (secondary N) is 1. The van der Waals surface area contributed by atoms with E-state index in [2.05, 4.69) is 10.4 Å². The Morgan fingerprint density at radius 1 is 1.14 bits per heavy atom. The van der Waals surface area contributed by atoms with Crippen molar-refractivity contribution in [1.29, 1.82) is 0 Å². The number of amides is 1. The van der Waals surface area contributed by atoms with Crippen molar-refractivity contribution >= 4 is 50.8 Å². The first-order chi connectivity index (χ1) is 14.0. The SMILES string of the molecule is Cc1nc2sccc2c(=O)n1NC(=O)c1ccc(CSc2ccc(Cl)cc2)cc1. The Balaban J connectivity index is 1.46. The summed E-state index contributed by atoms with van der Waals surface area (Å²) in [6.07, 6.45) is 0. The molecule has 0 bridgehead atoms. The lowest BCUT2D eigenvalue weighted by Crippen LogP contribution is -2.35. The van der Waals surface area contributed by atoms with Crippen LogP contribution in [0, 0.1) is 6.92 Å². The van der Waals surface area contributed by atoms with Crippen LogP contribution in [0.4, 0.5) is 0 Å². The highest BCUT2D eigenvalue weighted by Crippen LogP contribution is 2.24. The van der Waals surface area contributed by atoms with E-state index in [4.69, 9.17) is 11.6 Å². The van der Waals surface area contributed by atoms with Crippen molar-refractivity contribution in [2.45, 2.75) is 17.6 Å². The summed E-state index contributed by atoms with van der Waals surface area (Å²) in [6, 6.07) is 16.7. The Kier molecular flexibility index (Phi) is 5.71. The topological polar surface area (TPSA) is 64.0 Å². The lowest BCUT2D eigenvalue weighted by atomic mass is 10.1.